The van der Waals surface area contributed by atoms with Crippen LogP contribution in [0.4, 0.5) is 0 Å². The van der Waals surface area contributed by atoms with Gasteiger partial charge in [-0.2, -0.15) is 0 Å². The van der Waals surface area contributed by atoms with Crippen molar-refractivity contribution in [1.29, 1.82) is 0 Å². The number of aryl methyl sites for hydroxylation is 2. The van der Waals surface area contributed by atoms with Crippen molar-refractivity contribution in [2.24, 2.45) is 11.7 Å². The second-order valence-corrected chi connectivity index (χ2v) is 5.47. The fourth-order valence-electron chi connectivity index (χ4n) is 2.69. The van der Waals surface area contributed by atoms with Crippen molar-refractivity contribution >= 4 is 11.8 Å². The van der Waals surface area contributed by atoms with Gasteiger partial charge in [0.2, 0.25) is 11.8 Å². The van der Waals surface area contributed by atoms with Crippen molar-refractivity contribution in [2.75, 3.05) is 13.1 Å². The fraction of sp³-hybridized carbons (Fsp3) is 0.643. The predicted octanol–water partition coefficient (Wildman–Crippen LogP) is 0.948. The first kappa shape index (κ1) is 14.6. The van der Waals surface area contributed by atoms with Gasteiger partial charge >= 0.3 is 0 Å². The minimum absolute atomic E-state index is 0.0944. The summed E-state index contributed by atoms with van der Waals surface area (Å²) < 4.78 is 5.07. The number of likely N-dealkylation sites (tertiary alicyclic amines) is 1. The van der Waals surface area contributed by atoms with Gasteiger partial charge in [-0.05, 0) is 32.6 Å². The van der Waals surface area contributed by atoms with E-state index < -0.39 is 0 Å². The molecule has 6 nitrogen and oxygen atoms in total. The van der Waals surface area contributed by atoms with Crippen LogP contribution < -0.4 is 5.73 Å². The fourth-order valence-corrected chi connectivity index (χ4v) is 2.69. The molecule has 0 atom stereocenters. The van der Waals surface area contributed by atoms with Gasteiger partial charge in [0.25, 0.3) is 0 Å². The Kier molecular flexibility index (Phi) is 4.42. The molecule has 2 heterocycles. The summed E-state index contributed by atoms with van der Waals surface area (Å²) in [5.74, 6) is 0.859. The van der Waals surface area contributed by atoms with E-state index in [4.69, 9.17) is 10.3 Å². The Morgan fingerprint density at radius 2 is 2.00 bits per heavy atom. The summed E-state index contributed by atoms with van der Waals surface area (Å²) in [5.41, 5.74) is 6.87. The number of hydrogen-bond donors (Lipinski definition) is 1. The second-order valence-electron chi connectivity index (χ2n) is 5.47. The lowest BCUT2D eigenvalue weighted by Gasteiger charge is -2.31. The Bertz CT molecular complexity index is 482. The number of aromatic nitrogens is 1. The summed E-state index contributed by atoms with van der Waals surface area (Å²) in [6, 6.07) is 0. The quantitative estimate of drug-likeness (QED) is 0.888. The SMILES string of the molecule is Cc1noc(C)c1CC(=O)N1CCC(CC(N)=O)CC1. The number of rotatable bonds is 4. The first-order chi connectivity index (χ1) is 9.47. The molecule has 2 amide bonds. The van der Waals surface area contributed by atoms with Crippen LogP contribution in [0, 0.1) is 19.8 Å². The minimum atomic E-state index is -0.259. The summed E-state index contributed by atoms with van der Waals surface area (Å²) in [6.07, 6.45) is 2.44. The Labute approximate surface area is 118 Å². The third kappa shape index (κ3) is 3.37. The second kappa shape index (κ2) is 6.07. The van der Waals surface area contributed by atoms with Gasteiger partial charge < -0.3 is 15.2 Å². The molecule has 0 aromatic carbocycles. The highest BCUT2D eigenvalue weighted by atomic mass is 16.5. The molecule has 0 radical (unpaired) electrons. The van der Waals surface area contributed by atoms with Crippen LogP contribution in [0.1, 0.15) is 36.3 Å². The zero-order valence-electron chi connectivity index (χ0n) is 12.0. The van der Waals surface area contributed by atoms with E-state index in [1.54, 1.807) is 0 Å². The highest BCUT2D eigenvalue weighted by Gasteiger charge is 2.25. The van der Waals surface area contributed by atoms with E-state index in [0.717, 1.165) is 24.1 Å². The minimum Gasteiger partial charge on any atom is -0.370 e. The molecule has 0 unspecified atom stereocenters. The lowest BCUT2D eigenvalue weighted by atomic mass is 9.93. The van der Waals surface area contributed by atoms with Crippen molar-refractivity contribution in [3.05, 3.63) is 17.0 Å². The summed E-state index contributed by atoms with van der Waals surface area (Å²) >= 11 is 0. The summed E-state index contributed by atoms with van der Waals surface area (Å²) in [5, 5.41) is 3.86. The average Bonchev–Trinajstić information content (AvgIpc) is 2.70. The number of nitrogens with two attached hydrogens (primary N) is 1. The molecular weight excluding hydrogens is 258 g/mol. The molecule has 2 N–H and O–H groups in total. The van der Waals surface area contributed by atoms with Gasteiger partial charge in [0.15, 0.2) is 0 Å². The van der Waals surface area contributed by atoms with Crippen LogP contribution in [0.15, 0.2) is 4.52 Å². The van der Waals surface area contributed by atoms with Gasteiger partial charge in [-0.1, -0.05) is 5.16 Å². The number of primary amides is 1. The first-order valence-corrected chi connectivity index (χ1v) is 6.95. The number of amides is 2. The largest absolute Gasteiger partial charge is 0.370 e. The molecule has 6 heteroatoms. The molecule has 0 bridgehead atoms. The van der Waals surface area contributed by atoms with Gasteiger partial charge in [0, 0.05) is 25.1 Å². The highest BCUT2D eigenvalue weighted by Crippen LogP contribution is 2.21. The van der Waals surface area contributed by atoms with E-state index >= 15 is 0 Å². The lowest BCUT2D eigenvalue weighted by Crippen LogP contribution is -2.40. The molecule has 1 saturated heterocycles. The van der Waals surface area contributed by atoms with Gasteiger partial charge in [-0.25, -0.2) is 0 Å². The summed E-state index contributed by atoms with van der Waals surface area (Å²) in [6.45, 7) is 5.06. The Balaban J connectivity index is 1.88. The third-order valence-electron chi connectivity index (χ3n) is 3.97. The molecule has 2 rings (SSSR count). The van der Waals surface area contributed by atoms with Crippen LogP contribution >= 0.6 is 0 Å². The molecule has 1 aliphatic rings. The van der Waals surface area contributed by atoms with Crippen molar-refractivity contribution in [3.8, 4) is 0 Å². The molecular formula is C14H21N3O3. The van der Waals surface area contributed by atoms with Crippen molar-refractivity contribution < 1.29 is 14.1 Å². The normalized spacial score (nSPS) is 16.4. The predicted molar refractivity (Wildman–Crippen MR) is 72.8 cm³/mol. The van der Waals surface area contributed by atoms with Gasteiger partial charge in [-0.15, -0.1) is 0 Å². The van der Waals surface area contributed by atoms with Gasteiger partial charge in [-0.3, -0.25) is 9.59 Å². The third-order valence-corrected chi connectivity index (χ3v) is 3.97. The highest BCUT2D eigenvalue weighted by molar-refractivity contribution is 5.79. The molecule has 1 aliphatic heterocycles. The molecule has 0 saturated carbocycles. The van der Waals surface area contributed by atoms with Crippen LogP contribution in [-0.4, -0.2) is 35.0 Å². The maximum absolute atomic E-state index is 12.3. The molecule has 1 aromatic rings. The van der Waals surface area contributed by atoms with Crippen LogP contribution in [0.3, 0.4) is 0 Å². The van der Waals surface area contributed by atoms with Gasteiger partial charge in [0.1, 0.15) is 5.76 Å². The van der Waals surface area contributed by atoms with Crippen LogP contribution in [0.5, 0.6) is 0 Å². The molecule has 0 aliphatic carbocycles. The maximum Gasteiger partial charge on any atom is 0.227 e. The van der Waals surface area contributed by atoms with Crippen molar-refractivity contribution in [2.45, 2.75) is 39.5 Å². The molecule has 0 spiro atoms. The van der Waals surface area contributed by atoms with E-state index in [9.17, 15) is 9.59 Å². The van der Waals surface area contributed by atoms with Crippen LogP contribution in [-0.2, 0) is 16.0 Å². The molecule has 1 fully saturated rings. The Morgan fingerprint density at radius 3 is 2.50 bits per heavy atom. The number of carbonyl (C=O) groups excluding carboxylic acids is 2. The zero-order chi connectivity index (χ0) is 14.7. The lowest BCUT2D eigenvalue weighted by molar-refractivity contribution is -0.132. The van der Waals surface area contributed by atoms with Gasteiger partial charge in [0.05, 0.1) is 12.1 Å². The van der Waals surface area contributed by atoms with Crippen LogP contribution in [0.25, 0.3) is 0 Å². The van der Waals surface area contributed by atoms with E-state index in [0.29, 0.717) is 37.6 Å². The van der Waals surface area contributed by atoms with E-state index in [1.165, 1.54) is 0 Å². The molecule has 20 heavy (non-hydrogen) atoms. The number of piperidine rings is 1. The number of carbonyl (C=O) groups is 2. The first-order valence-electron chi connectivity index (χ1n) is 6.95. The van der Waals surface area contributed by atoms with E-state index in [2.05, 4.69) is 5.16 Å². The Hall–Kier alpha value is -1.85. The zero-order valence-corrected chi connectivity index (χ0v) is 12.0. The number of hydrogen-bond acceptors (Lipinski definition) is 4. The smallest absolute Gasteiger partial charge is 0.227 e. The van der Waals surface area contributed by atoms with E-state index in [-0.39, 0.29) is 11.8 Å². The molecule has 110 valence electrons. The summed E-state index contributed by atoms with van der Waals surface area (Å²) in [4.78, 5) is 25.0. The van der Waals surface area contributed by atoms with Crippen molar-refractivity contribution in [1.82, 2.24) is 10.1 Å². The average molecular weight is 279 g/mol. The Morgan fingerprint density at radius 1 is 1.35 bits per heavy atom. The monoisotopic (exact) mass is 279 g/mol. The van der Waals surface area contributed by atoms with Crippen molar-refractivity contribution in [3.63, 3.8) is 0 Å². The molecule has 1 aromatic heterocycles. The summed E-state index contributed by atoms with van der Waals surface area (Å²) in [7, 11) is 0. The standard InChI is InChI=1S/C14H21N3O3/c1-9-12(10(2)20-16-9)8-14(19)17-5-3-11(4-6-17)7-13(15)18/h11H,3-8H2,1-2H3,(H2,15,18). The topological polar surface area (TPSA) is 89.4 Å². The maximum atomic E-state index is 12.3. The number of nitrogens with zero attached hydrogens (tertiary/aromatic N) is 2. The van der Waals surface area contributed by atoms with E-state index in [1.807, 2.05) is 18.7 Å². The van der Waals surface area contributed by atoms with Crippen LogP contribution in [0.2, 0.25) is 0 Å².